The highest BCUT2D eigenvalue weighted by molar-refractivity contribution is 5.74. The Balaban J connectivity index is 1.47. The van der Waals surface area contributed by atoms with Crippen LogP contribution in [0.5, 0.6) is 0 Å². The molecule has 0 aliphatic carbocycles. The standard InChI is InChI=1S/C19H29N3O2/c1-21-11-5-6-16(15-21)14-20-18(23)22-12-9-19(24,10-13-22)17-7-3-2-4-8-17/h2-4,7-8,16,24H,5-6,9-15H2,1H3,(H,20,23)/t16-/m1/s1. The highest BCUT2D eigenvalue weighted by atomic mass is 16.3. The van der Waals surface area contributed by atoms with Crippen LogP contribution in [0.4, 0.5) is 4.79 Å². The van der Waals surface area contributed by atoms with E-state index in [1.807, 2.05) is 35.2 Å². The van der Waals surface area contributed by atoms with Gasteiger partial charge in [-0.2, -0.15) is 0 Å². The van der Waals surface area contributed by atoms with Crippen LogP contribution in [0.25, 0.3) is 0 Å². The monoisotopic (exact) mass is 331 g/mol. The summed E-state index contributed by atoms with van der Waals surface area (Å²) < 4.78 is 0. The molecule has 24 heavy (non-hydrogen) atoms. The van der Waals surface area contributed by atoms with Crippen LogP contribution in [0, 0.1) is 5.92 Å². The van der Waals surface area contributed by atoms with Crippen molar-refractivity contribution in [1.82, 2.24) is 15.1 Å². The number of nitrogens with one attached hydrogen (secondary N) is 1. The van der Waals surface area contributed by atoms with Crippen LogP contribution in [-0.2, 0) is 5.60 Å². The molecule has 2 fully saturated rings. The first-order valence-corrected chi connectivity index (χ1v) is 9.06. The first-order chi connectivity index (χ1) is 11.6. The maximum atomic E-state index is 12.4. The Hall–Kier alpha value is -1.59. The van der Waals surface area contributed by atoms with E-state index >= 15 is 0 Å². The van der Waals surface area contributed by atoms with Gasteiger partial charge in [0.15, 0.2) is 0 Å². The highest BCUT2D eigenvalue weighted by Gasteiger charge is 2.35. The maximum Gasteiger partial charge on any atom is 0.317 e. The van der Waals surface area contributed by atoms with Gasteiger partial charge in [0, 0.05) is 26.2 Å². The van der Waals surface area contributed by atoms with Crippen LogP contribution in [0.3, 0.4) is 0 Å². The molecule has 2 N–H and O–H groups in total. The van der Waals surface area contributed by atoms with Gasteiger partial charge in [-0.3, -0.25) is 0 Å². The van der Waals surface area contributed by atoms with E-state index in [0.29, 0.717) is 31.8 Å². The van der Waals surface area contributed by atoms with E-state index in [-0.39, 0.29) is 6.03 Å². The van der Waals surface area contributed by atoms with Crippen molar-refractivity contribution in [3.63, 3.8) is 0 Å². The Labute approximate surface area is 144 Å². The summed E-state index contributed by atoms with van der Waals surface area (Å²) in [5, 5.41) is 13.9. The number of piperidine rings is 2. The Morgan fingerprint density at radius 1 is 1.25 bits per heavy atom. The summed E-state index contributed by atoms with van der Waals surface area (Å²) in [6.07, 6.45) is 3.59. The molecule has 0 saturated carbocycles. The molecule has 0 unspecified atom stereocenters. The number of carbonyl (C=O) groups excluding carboxylic acids is 1. The zero-order valence-corrected chi connectivity index (χ0v) is 14.6. The van der Waals surface area contributed by atoms with Gasteiger partial charge in [-0.15, -0.1) is 0 Å². The lowest BCUT2D eigenvalue weighted by Crippen LogP contribution is -2.50. The topological polar surface area (TPSA) is 55.8 Å². The summed E-state index contributed by atoms with van der Waals surface area (Å²) >= 11 is 0. The molecule has 2 saturated heterocycles. The van der Waals surface area contributed by atoms with E-state index in [1.54, 1.807) is 0 Å². The summed E-state index contributed by atoms with van der Waals surface area (Å²) in [6, 6.07) is 9.81. The quantitative estimate of drug-likeness (QED) is 0.891. The van der Waals surface area contributed by atoms with Gasteiger partial charge in [-0.25, -0.2) is 4.79 Å². The molecule has 5 nitrogen and oxygen atoms in total. The fourth-order valence-corrected chi connectivity index (χ4v) is 3.90. The van der Waals surface area contributed by atoms with Crippen molar-refractivity contribution in [3.8, 4) is 0 Å². The molecular formula is C19H29N3O2. The third kappa shape index (κ3) is 4.08. The number of benzene rings is 1. The summed E-state index contributed by atoms with van der Waals surface area (Å²) in [5.74, 6) is 0.554. The normalized spacial score (nSPS) is 24.6. The molecular weight excluding hydrogens is 302 g/mol. The summed E-state index contributed by atoms with van der Waals surface area (Å²) in [7, 11) is 2.14. The third-order valence-corrected chi connectivity index (χ3v) is 5.45. The number of hydrogen-bond acceptors (Lipinski definition) is 3. The Kier molecular flexibility index (Phi) is 5.41. The van der Waals surface area contributed by atoms with E-state index in [9.17, 15) is 9.90 Å². The van der Waals surface area contributed by atoms with E-state index < -0.39 is 5.60 Å². The van der Waals surface area contributed by atoms with Crippen molar-refractivity contribution in [2.75, 3.05) is 39.8 Å². The lowest BCUT2D eigenvalue weighted by molar-refractivity contribution is -0.0169. The van der Waals surface area contributed by atoms with E-state index in [2.05, 4.69) is 17.3 Å². The third-order valence-electron chi connectivity index (χ3n) is 5.45. The van der Waals surface area contributed by atoms with Gasteiger partial charge in [0.05, 0.1) is 5.60 Å². The molecule has 0 bridgehead atoms. The minimum atomic E-state index is -0.801. The summed E-state index contributed by atoms with van der Waals surface area (Å²) in [4.78, 5) is 16.6. The largest absolute Gasteiger partial charge is 0.385 e. The van der Waals surface area contributed by atoms with Crippen molar-refractivity contribution < 1.29 is 9.90 Å². The molecule has 1 aromatic carbocycles. The highest BCUT2D eigenvalue weighted by Crippen LogP contribution is 2.32. The van der Waals surface area contributed by atoms with Gasteiger partial charge in [0.25, 0.3) is 0 Å². The first-order valence-electron chi connectivity index (χ1n) is 9.06. The number of urea groups is 1. The molecule has 132 valence electrons. The average molecular weight is 331 g/mol. The van der Waals surface area contributed by atoms with Gasteiger partial charge in [0.2, 0.25) is 0 Å². The summed E-state index contributed by atoms with van der Waals surface area (Å²) in [6.45, 7) is 4.18. The Morgan fingerprint density at radius 2 is 1.96 bits per heavy atom. The second kappa shape index (κ2) is 7.53. The number of rotatable bonds is 3. The fourth-order valence-electron chi connectivity index (χ4n) is 3.90. The van der Waals surface area contributed by atoms with Gasteiger partial charge in [-0.05, 0) is 50.8 Å². The number of likely N-dealkylation sites (tertiary alicyclic amines) is 2. The number of carbonyl (C=O) groups is 1. The van der Waals surface area contributed by atoms with Crippen LogP contribution in [-0.4, -0.2) is 60.7 Å². The van der Waals surface area contributed by atoms with E-state index in [1.165, 1.54) is 12.8 Å². The molecule has 1 atom stereocenters. The zero-order valence-electron chi connectivity index (χ0n) is 14.6. The molecule has 2 aliphatic rings. The molecule has 5 heteroatoms. The van der Waals surface area contributed by atoms with Crippen molar-refractivity contribution >= 4 is 6.03 Å². The molecule has 3 rings (SSSR count). The second-order valence-electron chi connectivity index (χ2n) is 7.34. The molecule has 1 aromatic rings. The summed E-state index contributed by atoms with van der Waals surface area (Å²) in [5.41, 5.74) is 0.153. The van der Waals surface area contributed by atoms with Crippen LogP contribution < -0.4 is 5.32 Å². The van der Waals surface area contributed by atoms with Crippen LogP contribution >= 0.6 is 0 Å². The average Bonchev–Trinajstić information content (AvgIpc) is 2.61. The molecule has 0 radical (unpaired) electrons. The second-order valence-corrected chi connectivity index (χ2v) is 7.34. The maximum absolute atomic E-state index is 12.4. The van der Waals surface area contributed by atoms with Crippen molar-refractivity contribution in [2.24, 2.45) is 5.92 Å². The van der Waals surface area contributed by atoms with Crippen molar-refractivity contribution in [2.45, 2.75) is 31.3 Å². The Bertz CT molecular complexity index is 541. The van der Waals surface area contributed by atoms with E-state index in [0.717, 1.165) is 25.2 Å². The van der Waals surface area contributed by atoms with Gasteiger partial charge >= 0.3 is 6.03 Å². The predicted molar refractivity (Wildman–Crippen MR) is 94.8 cm³/mol. The van der Waals surface area contributed by atoms with Gasteiger partial charge in [0.1, 0.15) is 0 Å². The number of amides is 2. The van der Waals surface area contributed by atoms with E-state index in [4.69, 9.17) is 0 Å². The fraction of sp³-hybridized carbons (Fsp3) is 0.632. The molecule has 0 aromatic heterocycles. The van der Waals surface area contributed by atoms with Crippen LogP contribution in [0.1, 0.15) is 31.2 Å². The minimum Gasteiger partial charge on any atom is -0.385 e. The predicted octanol–water partition coefficient (Wildman–Crippen LogP) is 2.02. The van der Waals surface area contributed by atoms with Crippen LogP contribution in [0.2, 0.25) is 0 Å². The van der Waals surface area contributed by atoms with Gasteiger partial charge < -0.3 is 20.2 Å². The zero-order chi connectivity index (χ0) is 17.0. The molecule has 0 spiro atoms. The Morgan fingerprint density at radius 3 is 2.62 bits per heavy atom. The lowest BCUT2D eigenvalue weighted by atomic mass is 9.84. The first kappa shape index (κ1) is 17.2. The van der Waals surface area contributed by atoms with Crippen LogP contribution in [0.15, 0.2) is 30.3 Å². The SMILES string of the molecule is CN1CCC[C@H](CNC(=O)N2CCC(O)(c3ccccc3)CC2)C1. The number of nitrogens with zero attached hydrogens (tertiary/aromatic N) is 2. The molecule has 2 aliphatic heterocycles. The smallest absolute Gasteiger partial charge is 0.317 e. The number of hydrogen-bond donors (Lipinski definition) is 2. The van der Waals surface area contributed by atoms with Crippen molar-refractivity contribution in [1.29, 1.82) is 0 Å². The lowest BCUT2D eigenvalue weighted by Gasteiger charge is -2.39. The number of aliphatic hydroxyl groups is 1. The molecule has 2 amide bonds. The minimum absolute atomic E-state index is 0.0124. The van der Waals surface area contributed by atoms with Gasteiger partial charge in [-0.1, -0.05) is 30.3 Å². The molecule has 2 heterocycles. The van der Waals surface area contributed by atoms with Crippen molar-refractivity contribution in [3.05, 3.63) is 35.9 Å².